The van der Waals surface area contributed by atoms with Crippen LogP contribution in [0.2, 0.25) is 15.1 Å². The summed E-state index contributed by atoms with van der Waals surface area (Å²) in [4.78, 5) is 14.5. The molecule has 1 heterocycles. The van der Waals surface area contributed by atoms with E-state index < -0.39 is 5.82 Å². The molecule has 0 radical (unpaired) electrons. The first kappa shape index (κ1) is 13.3. The van der Waals surface area contributed by atoms with Crippen molar-refractivity contribution in [3.8, 4) is 11.3 Å². The molecule has 2 rings (SSSR count). The van der Waals surface area contributed by atoms with Gasteiger partial charge in [0.15, 0.2) is 12.1 Å². The van der Waals surface area contributed by atoms with Crippen molar-refractivity contribution in [1.82, 2.24) is 4.98 Å². The number of carbonyl (C=O) groups excluding carboxylic acids is 1. The molecule has 0 aliphatic heterocycles. The van der Waals surface area contributed by atoms with Crippen molar-refractivity contribution in [2.75, 3.05) is 0 Å². The molecule has 92 valence electrons. The van der Waals surface area contributed by atoms with Gasteiger partial charge in [-0.1, -0.05) is 34.8 Å². The molecule has 0 bridgehead atoms. The molecule has 0 atom stereocenters. The van der Waals surface area contributed by atoms with Gasteiger partial charge in [0.2, 0.25) is 0 Å². The van der Waals surface area contributed by atoms with Gasteiger partial charge in [0.05, 0.1) is 20.8 Å². The Kier molecular flexibility index (Phi) is 3.85. The average molecular weight is 305 g/mol. The highest BCUT2D eigenvalue weighted by Crippen LogP contribution is 2.34. The minimum Gasteiger partial charge on any atom is -0.296 e. The molecule has 1 aromatic carbocycles. The van der Waals surface area contributed by atoms with E-state index in [0.717, 1.165) is 6.07 Å². The van der Waals surface area contributed by atoms with Crippen molar-refractivity contribution in [2.45, 2.75) is 0 Å². The van der Waals surface area contributed by atoms with Gasteiger partial charge in [-0.3, -0.25) is 4.79 Å². The Morgan fingerprint density at radius 3 is 2.28 bits per heavy atom. The number of aldehydes is 1. The summed E-state index contributed by atoms with van der Waals surface area (Å²) in [5.74, 6) is -0.681. The fraction of sp³-hybridized carbons (Fsp3) is 0. The zero-order valence-electron chi connectivity index (χ0n) is 8.75. The van der Waals surface area contributed by atoms with Gasteiger partial charge in [-0.05, 0) is 24.3 Å². The minimum atomic E-state index is -0.681. The third-order valence-electron chi connectivity index (χ3n) is 2.26. The predicted octanol–water partition coefficient (Wildman–Crippen LogP) is 4.66. The summed E-state index contributed by atoms with van der Waals surface area (Å²) in [6, 6.07) is 5.68. The number of hydrogen-bond donors (Lipinski definition) is 0. The van der Waals surface area contributed by atoms with Gasteiger partial charge in [0.1, 0.15) is 5.69 Å². The van der Waals surface area contributed by atoms with Crippen LogP contribution in [-0.4, -0.2) is 11.3 Å². The first-order valence-corrected chi connectivity index (χ1v) is 5.93. The van der Waals surface area contributed by atoms with Gasteiger partial charge in [0, 0.05) is 5.56 Å². The smallest absolute Gasteiger partial charge is 0.171 e. The van der Waals surface area contributed by atoms with Crippen molar-refractivity contribution in [1.29, 1.82) is 0 Å². The SMILES string of the molecule is O=Cc1nc(-c2cc(Cl)c(Cl)c(Cl)c2)ccc1F. The minimum absolute atomic E-state index is 0.236. The highest BCUT2D eigenvalue weighted by Gasteiger charge is 2.10. The molecule has 0 saturated heterocycles. The molecule has 0 spiro atoms. The second kappa shape index (κ2) is 5.22. The highest BCUT2D eigenvalue weighted by molar-refractivity contribution is 6.48. The van der Waals surface area contributed by atoms with Gasteiger partial charge in [-0.15, -0.1) is 0 Å². The first-order chi connectivity index (χ1) is 8.52. The molecule has 1 aromatic heterocycles. The van der Waals surface area contributed by atoms with Crippen molar-refractivity contribution in [2.24, 2.45) is 0 Å². The van der Waals surface area contributed by atoms with E-state index in [-0.39, 0.29) is 20.8 Å². The molecule has 2 aromatic rings. The van der Waals surface area contributed by atoms with E-state index in [9.17, 15) is 9.18 Å². The molecule has 0 saturated carbocycles. The van der Waals surface area contributed by atoms with E-state index >= 15 is 0 Å². The Hall–Kier alpha value is -1.16. The van der Waals surface area contributed by atoms with E-state index in [1.807, 2.05) is 0 Å². The number of carbonyl (C=O) groups is 1. The Morgan fingerprint density at radius 2 is 1.72 bits per heavy atom. The topological polar surface area (TPSA) is 30.0 Å². The van der Waals surface area contributed by atoms with Gasteiger partial charge in [-0.2, -0.15) is 0 Å². The van der Waals surface area contributed by atoms with E-state index in [1.165, 1.54) is 6.07 Å². The third-order valence-corrected chi connectivity index (χ3v) is 3.46. The quantitative estimate of drug-likeness (QED) is 0.596. The molecule has 18 heavy (non-hydrogen) atoms. The monoisotopic (exact) mass is 303 g/mol. The standard InChI is InChI=1S/C12H5Cl3FNO/c13-7-3-6(4-8(14)12(7)15)10-2-1-9(16)11(5-18)17-10/h1-5H. The van der Waals surface area contributed by atoms with Gasteiger partial charge < -0.3 is 0 Å². The third kappa shape index (κ3) is 2.48. The molecular formula is C12H5Cl3FNO. The van der Waals surface area contributed by atoms with E-state index in [4.69, 9.17) is 34.8 Å². The number of nitrogens with zero attached hydrogens (tertiary/aromatic N) is 1. The first-order valence-electron chi connectivity index (χ1n) is 4.79. The number of halogens is 4. The maximum absolute atomic E-state index is 13.1. The van der Waals surface area contributed by atoms with Crippen molar-refractivity contribution in [3.05, 3.63) is 50.8 Å². The largest absolute Gasteiger partial charge is 0.296 e. The summed E-state index contributed by atoms with van der Waals surface area (Å²) in [5, 5.41) is 0.760. The molecule has 0 N–H and O–H groups in total. The lowest BCUT2D eigenvalue weighted by molar-refractivity contribution is 0.111. The number of aromatic nitrogens is 1. The number of pyridine rings is 1. The zero-order valence-corrected chi connectivity index (χ0v) is 11.0. The molecule has 0 unspecified atom stereocenters. The van der Waals surface area contributed by atoms with Crippen LogP contribution < -0.4 is 0 Å². The molecule has 0 amide bonds. The van der Waals surface area contributed by atoms with Crippen LogP contribution in [0.5, 0.6) is 0 Å². The lowest BCUT2D eigenvalue weighted by atomic mass is 10.1. The van der Waals surface area contributed by atoms with Crippen LogP contribution in [0.25, 0.3) is 11.3 Å². The van der Waals surface area contributed by atoms with Gasteiger partial charge in [0.25, 0.3) is 0 Å². The van der Waals surface area contributed by atoms with Gasteiger partial charge >= 0.3 is 0 Å². The van der Waals surface area contributed by atoms with Crippen molar-refractivity contribution < 1.29 is 9.18 Å². The number of rotatable bonds is 2. The predicted molar refractivity (Wildman–Crippen MR) is 70.0 cm³/mol. The maximum Gasteiger partial charge on any atom is 0.171 e. The maximum atomic E-state index is 13.1. The summed E-state index contributed by atoms with van der Waals surface area (Å²) in [7, 11) is 0. The molecule has 2 nitrogen and oxygen atoms in total. The van der Waals surface area contributed by atoms with Crippen LogP contribution in [0.4, 0.5) is 4.39 Å². The van der Waals surface area contributed by atoms with E-state index in [0.29, 0.717) is 17.5 Å². The van der Waals surface area contributed by atoms with Crippen LogP contribution in [0.3, 0.4) is 0 Å². The summed E-state index contributed by atoms with van der Waals surface area (Å²) in [6.07, 6.45) is 0.345. The van der Waals surface area contributed by atoms with Crippen LogP contribution in [0.1, 0.15) is 10.5 Å². The van der Waals surface area contributed by atoms with Crippen LogP contribution in [0, 0.1) is 5.82 Å². The van der Waals surface area contributed by atoms with Crippen LogP contribution in [0.15, 0.2) is 24.3 Å². The fourth-order valence-corrected chi connectivity index (χ4v) is 2.00. The lowest BCUT2D eigenvalue weighted by Crippen LogP contribution is -1.95. The fourth-order valence-electron chi connectivity index (χ4n) is 1.40. The second-order valence-corrected chi connectivity index (χ2v) is 4.63. The van der Waals surface area contributed by atoms with Crippen LogP contribution in [-0.2, 0) is 0 Å². The van der Waals surface area contributed by atoms with E-state index in [2.05, 4.69) is 4.98 Å². The molecule has 0 fully saturated rings. The molecule has 6 heteroatoms. The zero-order chi connectivity index (χ0) is 13.3. The summed E-state index contributed by atoms with van der Waals surface area (Å²) in [6.45, 7) is 0. The second-order valence-electron chi connectivity index (χ2n) is 3.44. The number of hydrogen-bond acceptors (Lipinski definition) is 2. The Balaban J connectivity index is 2.58. The summed E-state index contributed by atoms with van der Waals surface area (Å²) < 4.78 is 13.1. The van der Waals surface area contributed by atoms with Crippen LogP contribution >= 0.6 is 34.8 Å². The van der Waals surface area contributed by atoms with Gasteiger partial charge in [-0.25, -0.2) is 9.37 Å². The Labute approximate surface area is 117 Å². The molecular weight excluding hydrogens is 299 g/mol. The Morgan fingerprint density at radius 1 is 1.11 bits per heavy atom. The highest BCUT2D eigenvalue weighted by atomic mass is 35.5. The van der Waals surface area contributed by atoms with Crippen molar-refractivity contribution >= 4 is 41.1 Å². The van der Waals surface area contributed by atoms with Crippen molar-refractivity contribution in [3.63, 3.8) is 0 Å². The summed E-state index contributed by atoms with van der Waals surface area (Å²) in [5.41, 5.74) is 0.672. The Bertz CT molecular complexity index is 608. The lowest BCUT2D eigenvalue weighted by Gasteiger charge is -2.06. The average Bonchev–Trinajstić information content (AvgIpc) is 2.36. The molecule has 0 aliphatic rings. The summed E-state index contributed by atoms with van der Waals surface area (Å²) >= 11 is 17.6. The molecule has 0 aliphatic carbocycles. The normalized spacial score (nSPS) is 10.4. The number of benzene rings is 1. The van der Waals surface area contributed by atoms with E-state index in [1.54, 1.807) is 12.1 Å².